The molecule has 0 unspecified atom stereocenters. The fraction of sp³-hybridized carbons (Fsp3) is 0.462. The molecule has 0 radical (unpaired) electrons. The molecule has 0 bridgehead atoms. The van der Waals surface area contributed by atoms with E-state index in [1.807, 2.05) is 11.8 Å². The number of carboxylic acid groups (broad SMARTS) is 1. The van der Waals surface area contributed by atoms with Gasteiger partial charge in [0.25, 0.3) is 0 Å². The molecule has 2 rings (SSSR count). The van der Waals surface area contributed by atoms with Crippen LogP contribution >= 0.6 is 0 Å². The molecule has 3 nitrogen and oxygen atoms in total. The Morgan fingerprint density at radius 1 is 1.47 bits per heavy atom. The number of nitrogens with zero attached hydrogens (tertiary/aromatic N) is 1. The first-order chi connectivity index (χ1) is 8.08. The second-order valence-electron chi connectivity index (χ2n) is 4.52. The van der Waals surface area contributed by atoms with Crippen molar-refractivity contribution in [3.05, 3.63) is 35.6 Å². The van der Waals surface area contributed by atoms with Gasteiger partial charge >= 0.3 is 5.97 Å². The molecule has 1 fully saturated rings. The van der Waals surface area contributed by atoms with Gasteiger partial charge in [-0.25, -0.2) is 4.39 Å². The van der Waals surface area contributed by atoms with Gasteiger partial charge in [0, 0.05) is 12.1 Å². The Balaban J connectivity index is 2.12. The maximum absolute atomic E-state index is 12.8. The van der Waals surface area contributed by atoms with Crippen molar-refractivity contribution in [1.29, 1.82) is 0 Å². The lowest BCUT2D eigenvalue weighted by Gasteiger charge is -2.27. The Bertz CT molecular complexity index is 400. The number of benzene rings is 1. The van der Waals surface area contributed by atoms with Crippen LogP contribution in [0.5, 0.6) is 0 Å². The zero-order chi connectivity index (χ0) is 12.4. The Labute approximate surface area is 99.9 Å². The van der Waals surface area contributed by atoms with Crippen LogP contribution in [0.2, 0.25) is 0 Å². The van der Waals surface area contributed by atoms with Crippen molar-refractivity contribution in [3.63, 3.8) is 0 Å². The number of halogens is 1. The summed E-state index contributed by atoms with van der Waals surface area (Å²) in [4.78, 5) is 12.8. The largest absolute Gasteiger partial charge is 0.480 e. The molecule has 92 valence electrons. The minimum atomic E-state index is -0.814. The molecule has 0 aliphatic heterocycles. The summed E-state index contributed by atoms with van der Waals surface area (Å²) in [5.41, 5.74) is 0.958. The van der Waals surface area contributed by atoms with Crippen molar-refractivity contribution in [2.24, 2.45) is 0 Å². The number of rotatable bonds is 5. The van der Waals surface area contributed by atoms with E-state index in [4.69, 9.17) is 5.11 Å². The molecule has 1 aliphatic carbocycles. The Hall–Kier alpha value is -1.42. The molecule has 1 atom stereocenters. The molecule has 0 heterocycles. The zero-order valence-electron chi connectivity index (χ0n) is 9.77. The van der Waals surface area contributed by atoms with Crippen molar-refractivity contribution < 1.29 is 14.3 Å². The number of carboxylic acids is 1. The molecule has 0 aromatic heterocycles. The molecule has 4 heteroatoms. The number of aliphatic carboxylic acids is 1. The van der Waals surface area contributed by atoms with Gasteiger partial charge in [-0.05, 0) is 37.5 Å². The first-order valence-electron chi connectivity index (χ1n) is 5.81. The third-order valence-electron chi connectivity index (χ3n) is 3.18. The van der Waals surface area contributed by atoms with Gasteiger partial charge in [0.15, 0.2) is 0 Å². The maximum atomic E-state index is 12.8. The molecule has 1 aliphatic rings. The van der Waals surface area contributed by atoms with E-state index in [-0.39, 0.29) is 18.4 Å². The number of hydrogen-bond acceptors (Lipinski definition) is 2. The number of hydrogen-bond donors (Lipinski definition) is 1. The topological polar surface area (TPSA) is 40.5 Å². The SMILES string of the molecule is C[C@@H](c1ccc(F)cc1)N(CC(=O)O)C1CC1. The quantitative estimate of drug-likeness (QED) is 0.855. The highest BCUT2D eigenvalue weighted by molar-refractivity contribution is 5.69. The fourth-order valence-electron chi connectivity index (χ4n) is 2.08. The second kappa shape index (κ2) is 4.84. The van der Waals surface area contributed by atoms with Crippen molar-refractivity contribution in [3.8, 4) is 0 Å². The summed E-state index contributed by atoms with van der Waals surface area (Å²) < 4.78 is 12.8. The van der Waals surface area contributed by atoms with Crippen LogP contribution in [0.1, 0.15) is 31.4 Å². The lowest BCUT2D eigenvalue weighted by molar-refractivity contribution is -0.139. The van der Waals surface area contributed by atoms with Gasteiger partial charge in [0.1, 0.15) is 5.82 Å². The number of carbonyl (C=O) groups is 1. The average molecular weight is 237 g/mol. The summed E-state index contributed by atoms with van der Waals surface area (Å²) in [6.07, 6.45) is 2.11. The molecule has 17 heavy (non-hydrogen) atoms. The summed E-state index contributed by atoms with van der Waals surface area (Å²) in [5, 5.41) is 8.90. The van der Waals surface area contributed by atoms with Gasteiger partial charge in [0.2, 0.25) is 0 Å². The summed E-state index contributed by atoms with van der Waals surface area (Å²) >= 11 is 0. The van der Waals surface area contributed by atoms with Crippen molar-refractivity contribution in [2.75, 3.05) is 6.54 Å². The van der Waals surface area contributed by atoms with Crippen LogP contribution in [0.3, 0.4) is 0 Å². The van der Waals surface area contributed by atoms with Gasteiger partial charge in [-0.15, -0.1) is 0 Å². The predicted molar refractivity (Wildman–Crippen MR) is 62.2 cm³/mol. The Kier molecular flexibility index (Phi) is 3.43. The lowest BCUT2D eigenvalue weighted by Crippen LogP contribution is -2.34. The van der Waals surface area contributed by atoms with E-state index in [0.717, 1.165) is 18.4 Å². The van der Waals surface area contributed by atoms with Crippen molar-refractivity contribution >= 4 is 5.97 Å². The third kappa shape index (κ3) is 3.03. The summed E-state index contributed by atoms with van der Waals surface area (Å²) in [6, 6.07) is 6.65. The van der Waals surface area contributed by atoms with Gasteiger partial charge in [0.05, 0.1) is 6.54 Å². The molecule has 1 N–H and O–H groups in total. The van der Waals surface area contributed by atoms with E-state index in [9.17, 15) is 9.18 Å². The van der Waals surface area contributed by atoms with E-state index < -0.39 is 5.97 Å². The highest BCUT2D eigenvalue weighted by atomic mass is 19.1. The van der Waals surface area contributed by atoms with Crippen LogP contribution in [-0.4, -0.2) is 28.6 Å². The summed E-state index contributed by atoms with van der Waals surface area (Å²) in [5.74, 6) is -1.08. The van der Waals surface area contributed by atoms with E-state index in [1.54, 1.807) is 12.1 Å². The smallest absolute Gasteiger partial charge is 0.317 e. The molecular weight excluding hydrogens is 221 g/mol. The molecule has 0 amide bonds. The zero-order valence-corrected chi connectivity index (χ0v) is 9.77. The highest BCUT2D eigenvalue weighted by Crippen LogP contribution is 2.33. The van der Waals surface area contributed by atoms with E-state index in [1.165, 1.54) is 12.1 Å². The van der Waals surface area contributed by atoms with Crippen molar-refractivity contribution in [1.82, 2.24) is 4.90 Å². The minimum Gasteiger partial charge on any atom is -0.480 e. The Morgan fingerprint density at radius 3 is 2.53 bits per heavy atom. The third-order valence-corrected chi connectivity index (χ3v) is 3.18. The minimum absolute atomic E-state index is 0.0131. The first kappa shape index (κ1) is 12.0. The molecule has 1 aromatic carbocycles. The highest BCUT2D eigenvalue weighted by Gasteiger charge is 2.33. The standard InChI is InChI=1S/C13H16FNO2/c1-9(10-2-4-11(14)5-3-10)15(8-13(16)17)12-6-7-12/h2-5,9,12H,6-8H2,1H3,(H,16,17)/t9-/m0/s1. The molecular formula is C13H16FNO2. The van der Waals surface area contributed by atoms with Crippen LogP contribution in [0, 0.1) is 5.82 Å². The fourth-order valence-corrected chi connectivity index (χ4v) is 2.08. The normalized spacial score (nSPS) is 17.1. The second-order valence-corrected chi connectivity index (χ2v) is 4.52. The van der Waals surface area contributed by atoms with Crippen LogP contribution in [0.25, 0.3) is 0 Å². The monoisotopic (exact) mass is 237 g/mol. The predicted octanol–water partition coefficient (Wildman–Crippen LogP) is 2.44. The van der Waals surface area contributed by atoms with E-state index >= 15 is 0 Å². The van der Waals surface area contributed by atoms with Gasteiger partial charge < -0.3 is 5.11 Å². The van der Waals surface area contributed by atoms with E-state index in [0.29, 0.717) is 6.04 Å². The Morgan fingerprint density at radius 2 is 2.06 bits per heavy atom. The van der Waals surface area contributed by atoms with Crippen LogP contribution in [0.4, 0.5) is 4.39 Å². The van der Waals surface area contributed by atoms with Crippen molar-refractivity contribution in [2.45, 2.75) is 31.8 Å². The van der Waals surface area contributed by atoms with Gasteiger partial charge in [-0.1, -0.05) is 12.1 Å². The summed E-state index contributed by atoms with van der Waals surface area (Å²) in [7, 11) is 0. The molecule has 1 saturated carbocycles. The molecule has 0 saturated heterocycles. The molecule has 1 aromatic rings. The van der Waals surface area contributed by atoms with Crippen LogP contribution in [-0.2, 0) is 4.79 Å². The van der Waals surface area contributed by atoms with Gasteiger partial charge in [-0.2, -0.15) is 0 Å². The van der Waals surface area contributed by atoms with Gasteiger partial charge in [-0.3, -0.25) is 9.69 Å². The first-order valence-corrected chi connectivity index (χ1v) is 5.81. The van der Waals surface area contributed by atoms with E-state index in [2.05, 4.69) is 0 Å². The van der Waals surface area contributed by atoms with Crippen LogP contribution in [0.15, 0.2) is 24.3 Å². The maximum Gasteiger partial charge on any atom is 0.317 e. The summed E-state index contributed by atoms with van der Waals surface area (Å²) in [6.45, 7) is 2.01. The molecule has 0 spiro atoms. The van der Waals surface area contributed by atoms with Crippen LogP contribution < -0.4 is 0 Å². The lowest BCUT2D eigenvalue weighted by atomic mass is 10.1. The average Bonchev–Trinajstić information content (AvgIpc) is 3.09.